The monoisotopic (exact) mass is 391 g/mol. The van der Waals surface area contributed by atoms with E-state index in [1.54, 1.807) is 24.8 Å². The van der Waals surface area contributed by atoms with Crippen LogP contribution < -0.4 is 0 Å². The normalized spacial score (nSPS) is 16.5. The summed E-state index contributed by atoms with van der Waals surface area (Å²) in [7, 11) is 0. The maximum absolute atomic E-state index is 12.9. The lowest BCUT2D eigenvalue weighted by molar-refractivity contribution is -0.138. The first-order chi connectivity index (χ1) is 11.4. The molecule has 0 aliphatic carbocycles. The van der Waals surface area contributed by atoms with Crippen molar-refractivity contribution in [2.75, 3.05) is 13.2 Å². The molecule has 0 saturated heterocycles. The summed E-state index contributed by atoms with van der Waals surface area (Å²) in [5.41, 5.74) is 2.25. The van der Waals surface area contributed by atoms with Crippen LogP contribution in [0.2, 0.25) is 0 Å². The molecule has 0 aromatic heterocycles. The number of allylic oxidation sites excluding steroid dienone is 1. The molecule has 0 bridgehead atoms. The molecule has 2 rings (SSSR count). The molecule has 5 heteroatoms. The third-order valence-electron chi connectivity index (χ3n) is 3.74. The number of benzene rings is 1. The SMILES string of the molecule is CCOC(=O)C1=C(C)N(CC(C)C)C(=O)/C1=C\c1ccccc1Br. The van der Waals surface area contributed by atoms with Gasteiger partial charge in [-0.2, -0.15) is 0 Å². The predicted octanol–water partition coefficient (Wildman–Crippen LogP) is 4.17. The van der Waals surface area contributed by atoms with Crippen LogP contribution in [0.3, 0.4) is 0 Å². The van der Waals surface area contributed by atoms with Crippen molar-refractivity contribution in [2.24, 2.45) is 5.92 Å². The first-order valence-corrected chi connectivity index (χ1v) is 8.82. The summed E-state index contributed by atoms with van der Waals surface area (Å²) in [5.74, 6) is -0.303. The van der Waals surface area contributed by atoms with Crippen LogP contribution in [0, 0.1) is 5.92 Å². The van der Waals surface area contributed by atoms with Gasteiger partial charge in [-0.25, -0.2) is 4.79 Å². The number of hydrogen-bond donors (Lipinski definition) is 0. The van der Waals surface area contributed by atoms with Crippen LogP contribution in [0.5, 0.6) is 0 Å². The highest BCUT2D eigenvalue weighted by Gasteiger charge is 2.37. The van der Waals surface area contributed by atoms with Crippen LogP contribution in [-0.2, 0) is 14.3 Å². The van der Waals surface area contributed by atoms with Gasteiger partial charge in [-0.3, -0.25) is 4.79 Å². The standard InChI is InChI=1S/C19H22BrNO3/c1-5-24-19(23)17-13(4)21(11-12(2)3)18(22)15(17)10-14-8-6-7-9-16(14)20/h6-10,12H,5,11H2,1-4H3/b15-10-. The summed E-state index contributed by atoms with van der Waals surface area (Å²) in [6.07, 6.45) is 1.75. The highest BCUT2D eigenvalue weighted by molar-refractivity contribution is 9.10. The van der Waals surface area contributed by atoms with E-state index in [4.69, 9.17) is 4.74 Å². The maximum Gasteiger partial charge on any atom is 0.340 e. The number of hydrogen-bond acceptors (Lipinski definition) is 3. The molecular formula is C19H22BrNO3. The quantitative estimate of drug-likeness (QED) is 0.558. The van der Waals surface area contributed by atoms with Crippen molar-refractivity contribution >= 4 is 33.9 Å². The van der Waals surface area contributed by atoms with Crippen molar-refractivity contribution in [1.29, 1.82) is 0 Å². The first-order valence-electron chi connectivity index (χ1n) is 8.03. The van der Waals surface area contributed by atoms with Gasteiger partial charge in [0, 0.05) is 16.7 Å². The van der Waals surface area contributed by atoms with Gasteiger partial charge < -0.3 is 9.64 Å². The van der Waals surface area contributed by atoms with E-state index in [2.05, 4.69) is 15.9 Å². The summed E-state index contributed by atoms with van der Waals surface area (Å²) in [5, 5.41) is 0. The van der Waals surface area contributed by atoms with Gasteiger partial charge in [-0.15, -0.1) is 0 Å². The number of carbonyl (C=O) groups is 2. The minimum Gasteiger partial charge on any atom is -0.462 e. The molecule has 1 heterocycles. The van der Waals surface area contributed by atoms with E-state index < -0.39 is 5.97 Å². The fraction of sp³-hybridized carbons (Fsp3) is 0.368. The molecule has 4 nitrogen and oxygen atoms in total. The summed E-state index contributed by atoms with van der Waals surface area (Å²) < 4.78 is 6.04. The summed E-state index contributed by atoms with van der Waals surface area (Å²) in [6, 6.07) is 7.59. The second-order valence-corrected chi connectivity index (χ2v) is 6.92. The van der Waals surface area contributed by atoms with E-state index in [1.165, 1.54) is 0 Å². The highest BCUT2D eigenvalue weighted by Crippen LogP contribution is 2.33. The molecule has 24 heavy (non-hydrogen) atoms. The molecule has 1 amide bonds. The van der Waals surface area contributed by atoms with Crippen LogP contribution in [0.4, 0.5) is 0 Å². The van der Waals surface area contributed by atoms with Gasteiger partial charge in [0.05, 0.1) is 17.8 Å². The second-order valence-electron chi connectivity index (χ2n) is 6.07. The Balaban J connectivity index is 2.53. The van der Waals surface area contributed by atoms with Gasteiger partial charge >= 0.3 is 5.97 Å². The van der Waals surface area contributed by atoms with Gasteiger partial charge in [0.25, 0.3) is 5.91 Å². The number of rotatable bonds is 5. The molecule has 0 spiro atoms. The Bertz CT molecular complexity index is 719. The first kappa shape index (κ1) is 18.5. The molecule has 1 aliphatic rings. The summed E-state index contributed by atoms with van der Waals surface area (Å²) >= 11 is 3.48. The largest absolute Gasteiger partial charge is 0.462 e. The topological polar surface area (TPSA) is 46.6 Å². The van der Waals surface area contributed by atoms with Crippen molar-refractivity contribution in [3.8, 4) is 0 Å². The Morgan fingerprint density at radius 2 is 2.00 bits per heavy atom. The van der Waals surface area contributed by atoms with Gasteiger partial charge in [0.2, 0.25) is 0 Å². The van der Waals surface area contributed by atoms with E-state index >= 15 is 0 Å². The highest BCUT2D eigenvalue weighted by atomic mass is 79.9. The molecule has 1 aromatic rings. The van der Waals surface area contributed by atoms with E-state index in [0.29, 0.717) is 29.3 Å². The van der Waals surface area contributed by atoms with Crippen LogP contribution in [0.15, 0.2) is 45.6 Å². The zero-order valence-electron chi connectivity index (χ0n) is 14.4. The van der Waals surface area contributed by atoms with Crippen LogP contribution in [0.1, 0.15) is 33.3 Å². The Morgan fingerprint density at radius 3 is 2.58 bits per heavy atom. The minimum atomic E-state index is -0.451. The average molecular weight is 392 g/mol. The Morgan fingerprint density at radius 1 is 1.33 bits per heavy atom. The number of esters is 1. The van der Waals surface area contributed by atoms with Crippen LogP contribution in [0.25, 0.3) is 6.08 Å². The molecule has 1 aliphatic heterocycles. The van der Waals surface area contributed by atoms with E-state index in [9.17, 15) is 9.59 Å². The molecule has 0 fully saturated rings. The van der Waals surface area contributed by atoms with E-state index in [-0.39, 0.29) is 12.5 Å². The second kappa shape index (κ2) is 7.79. The molecule has 0 N–H and O–H groups in total. The van der Waals surface area contributed by atoms with Crippen molar-refractivity contribution < 1.29 is 14.3 Å². The molecule has 1 aromatic carbocycles. The lowest BCUT2D eigenvalue weighted by Crippen LogP contribution is -2.28. The Hall–Kier alpha value is -1.88. The third kappa shape index (κ3) is 3.78. The minimum absolute atomic E-state index is 0.153. The molecular weight excluding hydrogens is 370 g/mol. The lowest BCUT2D eigenvalue weighted by atomic mass is 10.0. The maximum atomic E-state index is 12.9. The van der Waals surface area contributed by atoms with Crippen LogP contribution in [-0.4, -0.2) is 29.9 Å². The molecule has 0 radical (unpaired) electrons. The number of amides is 1. The number of halogens is 1. The summed E-state index contributed by atoms with van der Waals surface area (Å²) in [6.45, 7) is 8.48. The van der Waals surface area contributed by atoms with E-state index in [0.717, 1.165) is 10.0 Å². The van der Waals surface area contributed by atoms with Crippen molar-refractivity contribution in [3.63, 3.8) is 0 Å². The van der Waals surface area contributed by atoms with E-state index in [1.807, 2.05) is 38.1 Å². The molecule has 0 unspecified atom stereocenters. The molecule has 0 saturated carbocycles. The third-order valence-corrected chi connectivity index (χ3v) is 4.47. The zero-order chi connectivity index (χ0) is 17.9. The molecule has 128 valence electrons. The Labute approximate surface area is 151 Å². The smallest absolute Gasteiger partial charge is 0.340 e. The van der Waals surface area contributed by atoms with Gasteiger partial charge in [-0.05, 0) is 37.5 Å². The lowest BCUT2D eigenvalue weighted by Gasteiger charge is -2.19. The molecule has 0 atom stereocenters. The van der Waals surface area contributed by atoms with Crippen molar-refractivity contribution in [3.05, 3.63) is 51.1 Å². The number of nitrogens with zero attached hydrogens (tertiary/aromatic N) is 1. The predicted molar refractivity (Wildman–Crippen MR) is 98.0 cm³/mol. The zero-order valence-corrected chi connectivity index (χ0v) is 16.0. The number of carbonyl (C=O) groups excluding carboxylic acids is 2. The fourth-order valence-corrected chi connectivity index (χ4v) is 3.06. The number of ether oxygens (including phenoxy) is 1. The van der Waals surface area contributed by atoms with Gasteiger partial charge in [0.1, 0.15) is 0 Å². The van der Waals surface area contributed by atoms with Gasteiger partial charge in [-0.1, -0.05) is 48.0 Å². The summed E-state index contributed by atoms with van der Waals surface area (Å²) in [4.78, 5) is 27.0. The van der Waals surface area contributed by atoms with Crippen molar-refractivity contribution in [1.82, 2.24) is 4.90 Å². The van der Waals surface area contributed by atoms with Crippen LogP contribution >= 0.6 is 15.9 Å². The van der Waals surface area contributed by atoms with Crippen molar-refractivity contribution in [2.45, 2.75) is 27.7 Å². The Kier molecular flexibility index (Phi) is 5.99. The average Bonchev–Trinajstić information content (AvgIpc) is 2.74. The van der Waals surface area contributed by atoms with Gasteiger partial charge in [0.15, 0.2) is 0 Å². The fourth-order valence-electron chi connectivity index (χ4n) is 2.66.